The number of amides is 1. The Morgan fingerprint density at radius 1 is 1.14 bits per heavy atom. The van der Waals surface area contributed by atoms with Gasteiger partial charge in [0.15, 0.2) is 0 Å². The molecule has 0 radical (unpaired) electrons. The maximum absolute atomic E-state index is 13.1. The number of carbonyl (C=O) groups excluding carboxylic acids is 1. The Bertz CT molecular complexity index is 919. The highest BCUT2D eigenvalue weighted by Gasteiger charge is 2.26. The van der Waals surface area contributed by atoms with E-state index < -0.39 is 41.0 Å². The molecule has 0 spiro atoms. The summed E-state index contributed by atoms with van der Waals surface area (Å²) in [5.74, 6) is -1.64. The first-order chi connectivity index (χ1) is 13.6. The Kier molecular flexibility index (Phi) is 7.74. The molecule has 1 heterocycles. The number of rotatable bonds is 9. The van der Waals surface area contributed by atoms with Gasteiger partial charge in [0.25, 0.3) is 5.91 Å². The lowest BCUT2D eigenvalue weighted by atomic mass is 9.99. The molecule has 2 aromatic rings. The molecule has 2 rings (SSSR count). The summed E-state index contributed by atoms with van der Waals surface area (Å²) in [5, 5.41) is 11.9. The summed E-state index contributed by atoms with van der Waals surface area (Å²) < 4.78 is 60.1. The van der Waals surface area contributed by atoms with Crippen LogP contribution in [0.3, 0.4) is 0 Å². The number of halogens is 3. The molecule has 0 aliphatic heterocycles. The van der Waals surface area contributed by atoms with Crippen molar-refractivity contribution in [2.24, 2.45) is 0 Å². The third kappa shape index (κ3) is 6.82. The Hall–Kier alpha value is -2.46. The van der Waals surface area contributed by atoms with E-state index in [4.69, 9.17) is 0 Å². The number of pyridine rings is 1. The molecule has 0 aliphatic rings. The zero-order valence-electron chi connectivity index (χ0n) is 15.6. The minimum Gasteiger partial charge on any atom is -0.386 e. The highest BCUT2D eigenvalue weighted by Crippen LogP contribution is 2.24. The van der Waals surface area contributed by atoms with Crippen LogP contribution in [0.15, 0.2) is 42.6 Å². The summed E-state index contributed by atoms with van der Waals surface area (Å²) in [6.45, 7) is -1.21. The van der Waals surface area contributed by atoms with Crippen LogP contribution in [0.5, 0.6) is 0 Å². The van der Waals surface area contributed by atoms with Crippen molar-refractivity contribution >= 4 is 15.7 Å². The number of nitrogens with one attached hydrogen (secondary N) is 1. The van der Waals surface area contributed by atoms with Crippen LogP contribution in [0.2, 0.25) is 0 Å². The van der Waals surface area contributed by atoms with Crippen molar-refractivity contribution in [3.63, 3.8) is 0 Å². The van der Waals surface area contributed by atoms with Crippen molar-refractivity contribution < 1.29 is 31.5 Å². The summed E-state index contributed by atoms with van der Waals surface area (Å²) in [6.07, 6.45) is -1.75. The van der Waals surface area contributed by atoms with Crippen LogP contribution >= 0.6 is 0 Å². The SMILES string of the molecule is CS(=O)(=O)CCc1ccc(-c2ccc([C@H](O)[C@@H](CF)NC(=O)C(F)F)cc2)cn1. The van der Waals surface area contributed by atoms with Gasteiger partial charge in [-0.25, -0.2) is 12.8 Å². The monoisotopic (exact) mass is 430 g/mol. The Balaban J connectivity index is 2.08. The summed E-state index contributed by atoms with van der Waals surface area (Å²) in [7, 11) is -3.08. The minimum atomic E-state index is -3.30. The number of aliphatic hydroxyl groups excluding tert-OH is 1. The van der Waals surface area contributed by atoms with Crippen molar-refractivity contribution in [3.05, 3.63) is 53.9 Å². The van der Waals surface area contributed by atoms with Crippen molar-refractivity contribution in [1.29, 1.82) is 0 Å². The molecule has 10 heteroatoms. The van der Waals surface area contributed by atoms with Gasteiger partial charge in [-0.1, -0.05) is 30.3 Å². The molecule has 0 bridgehead atoms. The van der Waals surface area contributed by atoms with Gasteiger partial charge < -0.3 is 10.4 Å². The maximum Gasteiger partial charge on any atom is 0.315 e. The van der Waals surface area contributed by atoms with Gasteiger partial charge in [-0.3, -0.25) is 9.78 Å². The average Bonchev–Trinajstić information content (AvgIpc) is 2.69. The summed E-state index contributed by atoms with van der Waals surface area (Å²) in [4.78, 5) is 15.3. The van der Waals surface area contributed by atoms with E-state index in [1.54, 1.807) is 35.8 Å². The van der Waals surface area contributed by atoms with Crippen LogP contribution < -0.4 is 5.32 Å². The van der Waals surface area contributed by atoms with E-state index in [1.807, 2.05) is 0 Å². The largest absolute Gasteiger partial charge is 0.386 e. The molecule has 1 aromatic heterocycles. The minimum absolute atomic E-state index is 0.00374. The number of benzene rings is 1. The molecular weight excluding hydrogens is 409 g/mol. The fourth-order valence-electron chi connectivity index (χ4n) is 2.59. The van der Waals surface area contributed by atoms with Crippen molar-refractivity contribution in [3.8, 4) is 11.1 Å². The smallest absolute Gasteiger partial charge is 0.315 e. The first-order valence-electron chi connectivity index (χ1n) is 8.66. The van der Waals surface area contributed by atoms with E-state index in [0.717, 1.165) is 17.4 Å². The van der Waals surface area contributed by atoms with Crippen LogP contribution in [-0.2, 0) is 21.1 Å². The molecule has 0 saturated carbocycles. The number of alkyl halides is 3. The van der Waals surface area contributed by atoms with Crippen LogP contribution in [0, 0.1) is 0 Å². The van der Waals surface area contributed by atoms with E-state index in [1.165, 1.54) is 12.1 Å². The van der Waals surface area contributed by atoms with Gasteiger partial charge in [0.05, 0.1) is 11.8 Å². The predicted molar refractivity (Wildman–Crippen MR) is 102 cm³/mol. The molecule has 0 aliphatic carbocycles. The van der Waals surface area contributed by atoms with E-state index in [9.17, 15) is 31.5 Å². The summed E-state index contributed by atoms with van der Waals surface area (Å²) >= 11 is 0. The summed E-state index contributed by atoms with van der Waals surface area (Å²) in [5.41, 5.74) is 2.36. The van der Waals surface area contributed by atoms with Gasteiger partial charge in [0, 0.05) is 30.1 Å². The molecule has 1 aromatic carbocycles. The molecule has 1 amide bonds. The van der Waals surface area contributed by atoms with Gasteiger partial charge >= 0.3 is 6.43 Å². The van der Waals surface area contributed by atoms with E-state index in [-0.39, 0.29) is 11.3 Å². The quantitative estimate of drug-likeness (QED) is 0.635. The number of aromatic nitrogens is 1. The fourth-order valence-corrected chi connectivity index (χ4v) is 3.17. The Morgan fingerprint density at radius 2 is 1.76 bits per heavy atom. The van der Waals surface area contributed by atoms with Crippen molar-refractivity contribution in [2.75, 3.05) is 18.7 Å². The van der Waals surface area contributed by atoms with Crippen molar-refractivity contribution in [1.82, 2.24) is 10.3 Å². The number of nitrogens with zero attached hydrogens (tertiary/aromatic N) is 1. The van der Waals surface area contributed by atoms with Crippen molar-refractivity contribution in [2.45, 2.75) is 25.0 Å². The first kappa shape index (κ1) is 22.8. The van der Waals surface area contributed by atoms with Crippen LogP contribution in [-0.4, -0.2) is 55.6 Å². The molecule has 6 nitrogen and oxygen atoms in total. The third-order valence-electron chi connectivity index (χ3n) is 4.21. The predicted octanol–water partition coefficient (Wildman–Crippen LogP) is 2.09. The number of carbonyl (C=O) groups is 1. The number of hydrogen-bond acceptors (Lipinski definition) is 5. The van der Waals surface area contributed by atoms with Gasteiger partial charge in [-0.05, 0) is 17.2 Å². The topological polar surface area (TPSA) is 96.4 Å². The fraction of sp³-hybridized carbons (Fsp3) is 0.368. The van der Waals surface area contributed by atoms with Gasteiger partial charge in [-0.15, -0.1) is 0 Å². The first-order valence-corrected chi connectivity index (χ1v) is 10.7. The van der Waals surface area contributed by atoms with Gasteiger partial charge in [0.1, 0.15) is 22.6 Å². The van der Waals surface area contributed by atoms with Gasteiger partial charge in [0.2, 0.25) is 0 Å². The number of hydrogen-bond donors (Lipinski definition) is 2. The van der Waals surface area contributed by atoms with Gasteiger partial charge in [-0.2, -0.15) is 8.78 Å². The number of aliphatic hydroxyl groups is 1. The lowest BCUT2D eigenvalue weighted by molar-refractivity contribution is -0.133. The highest BCUT2D eigenvalue weighted by molar-refractivity contribution is 7.90. The molecule has 0 unspecified atom stereocenters. The van der Waals surface area contributed by atoms with E-state index in [0.29, 0.717) is 12.1 Å². The molecule has 0 saturated heterocycles. The van der Waals surface area contributed by atoms with Crippen LogP contribution in [0.25, 0.3) is 11.1 Å². The molecule has 2 N–H and O–H groups in total. The second-order valence-corrected chi connectivity index (χ2v) is 8.81. The number of aryl methyl sites for hydroxylation is 1. The van der Waals surface area contributed by atoms with Crippen LogP contribution in [0.4, 0.5) is 13.2 Å². The maximum atomic E-state index is 13.1. The standard InChI is InChI=1S/C19H21F3N2O4S/c1-29(27,28)9-8-15-7-6-14(11-23-15)12-2-4-13(5-3-12)17(25)16(10-20)24-19(26)18(21)22/h2-7,11,16-18,25H,8-10H2,1H3,(H,24,26)/t16-,17+/m1/s1. The molecule has 2 atom stereocenters. The van der Waals surface area contributed by atoms with E-state index >= 15 is 0 Å². The lowest BCUT2D eigenvalue weighted by Crippen LogP contribution is -2.43. The summed E-state index contributed by atoms with van der Waals surface area (Å²) in [6, 6.07) is 8.25. The highest BCUT2D eigenvalue weighted by atomic mass is 32.2. The zero-order chi connectivity index (χ0) is 21.6. The molecule has 158 valence electrons. The Labute approximate surface area is 166 Å². The third-order valence-corrected chi connectivity index (χ3v) is 5.16. The Morgan fingerprint density at radius 3 is 2.24 bits per heavy atom. The molecule has 29 heavy (non-hydrogen) atoms. The van der Waals surface area contributed by atoms with E-state index in [2.05, 4.69) is 4.98 Å². The average molecular weight is 430 g/mol. The zero-order valence-corrected chi connectivity index (χ0v) is 16.4. The van der Waals surface area contributed by atoms with Crippen LogP contribution in [0.1, 0.15) is 17.4 Å². The molecule has 0 fully saturated rings. The lowest BCUT2D eigenvalue weighted by Gasteiger charge is -2.22. The normalized spacial score (nSPS) is 13.9. The second-order valence-electron chi connectivity index (χ2n) is 6.56. The number of sulfone groups is 1. The molecular formula is C19H21F3N2O4S. The second kappa shape index (κ2) is 9.84.